The van der Waals surface area contributed by atoms with Crippen molar-refractivity contribution in [1.82, 2.24) is 0 Å². The second-order valence-corrected chi connectivity index (χ2v) is 9.82. The number of fused-ring (bicyclic) bond motifs is 1. The molecule has 1 heterocycles. The van der Waals surface area contributed by atoms with Crippen LogP contribution in [0.1, 0.15) is 35.2 Å². The summed E-state index contributed by atoms with van der Waals surface area (Å²) in [6, 6.07) is 21.9. The van der Waals surface area contributed by atoms with Crippen molar-refractivity contribution in [3.8, 4) is 16.9 Å². The molecule has 3 aromatic rings. The van der Waals surface area contributed by atoms with Gasteiger partial charge in [-0.1, -0.05) is 60.7 Å². The molecule has 0 bridgehead atoms. The number of carbonyl (C=O) groups is 1. The van der Waals surface area contributed by atoms with Crippen LogP contribution in [-0.2, 0) is 15.7 Å². The molecule has 1 saturated heterocycles. The predicted molar refractivity (Wildman–Crippen MR) is 139 cm³/mol. The summed E-state index contributed by atoms with van der Waals surface area (Å²) in [5, 5.41) is 9.98. The van der Waals surface area contributed by atoms with Gasteiger partial charge in [-0.25, -0.2) is 4.79 Å². The van der Waals surface area contributed by atoms with Crippen LogP contribution in [0.2, 0.25) is 0 Å². The van der Waals surface area contributed by atoms with Gasteiger partial charge in [0.2, 0.25) is 0 Å². The van der Waals surface area contributed by atoms with Crippen LogP contribution in [0.4, 0.5) is 13.2 Å². The lowest BCUT2D eigenvalue weighted by atomic mass is 9.91. The molecule has 0 radical (unpaired) electrons. The van der Waals surface area contributed by atoms with Crippen LogP contribution in [0, 0.1) is 11.8 Å². The fourth-order valence-corrected chi connectivity index (χ4v) is 5.33. The highest BCUT2D eigenvalue weighted by Gasteiger charge is 2.49. The second kappa shape index (κ2) is 11.6. The Hall–Kier alpha value is -3.62. The zero-order chi connectivity index (χ0) is 27.4. The quantitative estimate of drug-likeness (QED) is 0.197. The van der Waals surface area contributed by atoms with E-state index in [0.717, 1.165) is 23.3 Å². The maximum atomic E-state index is 13.0. The molecule has 0 unspecified atom stereocenters. The summed E-state index contributed by atoms with van der Waals surface area (Å²) in [6.45, 7) is 0.190. The van der Waals surface area contributed by atoms with Crippen LogP contribution in [-0.4, -0.2) is 36.2 Å². The molecule has 8 heteroatoms. The van der Waals surface area contributed by atoms with Crippen LogP contribution in [0.3, 0.4) is 0 Å². The van der Waals surface area contributed by atoms with Gasteiger partial charge < -0.3 is 19.3 Å². The maximum Gasteiger partial charge on any atom is 0.416 e. The van der Waals surface area contributed by atoms with Gasteiger partial charge in [0, 0.05) is 18.8 Å². The maximum absolute atomic E-state index is 13.0. The highest BCUT2D eigenvalue weighted by atomic mass is 19.4. The van der Waals surface area contributed by atoms with E-state index in [-0.39, 0.29) is 30.3 Å². The second-order valence-electron chi connectivity index (χ2n) is 9.82. The molecule has 5 atom stereocenters. The highest BCUT2D eigenvalue weighted by molar-refractivity contribution is 5.90. The van der Waals surface area contributed by atoms with Gasteiger partial charge in [-0.15, -0.1) is 0 Å². The van der Waals surface area contributed by atoms with Gasteiger partial charge in [0.1, 0.15) is 11.9 Å². The first kappa shape index (κ1) is 27.0. The highest BCUT2D eigenvalue weighted by Crippen LogP contribution is 2.45. The van der Waals surface area contributed by atoms with Gasteiger partial charge in [-0.3, -0.25) is 0 Å². The number of esters is 1. The van der Waals surface area contributed by atoms with E-state index in [1.54, 1.807) is 12.1 Å². The summed E-state index contributed by atoms with van der Waals surface area (Å²) < 4.78 is 55.8. The number of ether oxygens (including phenoxy) is 3. The van der Waals surface area contributed by atoms with E-state index in [1.807, 2.05) is 54.6 Å². The van der Waals surface area contributed by atoms with Crippen LogP contribution < -0.4 is 4.74 Å². The summed E-state index contributed by atoms with van der Waals surface area (Å²) >= 11 is 0. The standard InChI is InChI=1S/C31H29F3O5/c32-31(33,34)23-9-6-10-24(17-23)37-16-5-4-11-25-26-18-29(35)38-28(26)19-27(25)39-30(36)22-14-12-21(13-15-22)20-7-2-1-3-8-20/h1-4,6-15,17,25-29,35H,5,16,18-19H2/b11-4+/t25-,26-,27-,28+,29+/m1/s1. The van der Waals surface area contributed by atoms with E-state index < -0.39 is 30.1 Å². The van der Waals surface area contributed by atoms with E-state index in [0.29, 0.717) is 24.8 Å². The number of aliphatic hydroxyl groups is 1. The van der Waals surface area contributed by atoms with Crippen molar-refractivity contribution in [3.05, 3.63) is 102 Å². The molecule has 3 aromatic carbocycles. The van der Waals surface area contributed by atoms with Crippen LogP contribution in [0.15, 0.2) is 91.0 Å². The topological polar surface area (TPSA) is 65.0 Å². The van der Waals surface area contributed by atoms with Gasteiger partial charge in [-0.05, 0) is 53.8 Å². The molecule has 2 aliphatic rings. The number of alkyl halides is 3. The van der Waals surface area contributed by atoms with Crippen LogP contribution in [0.25, 0.3) is 11.1 Å². The van der Waals surface area contributed by atoms with E-state index in [2.05, 4.69) is 0 Å². The lowest BCUT2D eigenvalue weighted by molar-refractivity contribution is -0.137. The first-order valence-corrected chi connectivity index (χ1v) is 12.9. The number of benzene rings is 3. The first-order valence-electron chi connectivity index (χ1n) is 12.9. The van der Waals surface area contributed by atoms with Crippen molar-refractivity contribution >= 4 is 5.97 Å². The average Bonchev–Trinajstić information content (AvgIpc) is 3.44. The SMILES string of the molecule is O=C(O[C@@H]1C[C@@H]2O[C@H](O)C[C@@H]2[C@H]1/C=C/CCOc1cccc(C(F)(F)F)c1)c1ccc(-c2ccccc2)cc1. The monoisotopic (exact) mass is 538 g/mol. The van der Waals surface area contributed by atoms with E-state index >= 15 is 0 Å². The smallest absolute Gasteiger partial charge is 0.416 e. The van der Waals surface area contributed by atoms with Crippen molar-refractivity contribution in [2.75, 3.05) is 6.61 Å². The molecule has 1 aliphatic carbocycles. The number of halogens is 3. The van der Waals surface area contributed by atoms with E-state index in [1.165, 1.54) is 12.1 Å². The fraction of sp³-hybridized carbons (Fsp3) is 0.323. The summed E-state index contributed by atoms with van der Waals surface area (Å²) in [5.41, 5.74) is 1.74. The summed E-state index contributed by atoms with van der Waals surface area (Å²) in [5.74, 6) is -0.435. The molecule has 1 aliphatic heterocycles. The Kier molecular flexibility index (Phi) is 8.04. The molecule has 0 aromatic heterocycles. The van der Waals surface area contributed by atoms with Crippen molar-refractivity contribution in [1.29, 1.82) is 0 Å². The summed E-state index contributed by atoms with van der Waals surface area (Å²) in [6.07, 6.45) is -0.715. The largest absolute Gasteiger partial charge is 0.493 e. The third-order valence-electron chi connectivity index (χ3n) is 7.23. The molecular weight excluding hydrogens is 509 g/mol. The Balaban J connectivity index is 1.20. The third-order valence-corrected chi connectivity index (χ3v) is 7.23. The molecular formula is C31H29F3O5. The van der Waals surface area contributed by atoms with Gasteiger partial charge in [-0.2, -0.15) is 13.2 Å². The van der Waals surface area contributed by atoms with Gasteiger partial charge >= 0.3 is 12.1 Å². The molecule has 1 saturated carbocycles. The van der Waals surface area contributed by atoms with Crippen molar-refractivity contribution in [3.63, 3.8) is 0 Å². The Bertz CT molecular complexity index is 1290. The molecule has 0 amide bonds. The molecule has 0 spiro atoms. The zero-order valence-electron chi connectivity index (χ0n) is 21.1. The first-order chi connectivity index (χ1) is 18.8. The minimum atomic E-state index is -4.43. The van der Waals surface area contributed by atoms with Crippen molar-refractivity contribution in [2.24, 2.45) is 11.8 Å². The lowest BCUT2D eigenvalue weighted by Gasteiger charge is -2.21. The summed E-state index contributed by atoms with van der Waals surface area (Å²) in [7, 11) is 0. The van der Waals surface area contributed by atoms with Gasteiger partial charge in [0.15, 0.2) is 6.29 Å². The minimum absolute atomic E-state index is 0.00103. The third kappa shape index (κ3) is 6.52. The molecule has 2 fully saturated rings. The number of hydrogen-bond acceptors (Lipinski definition) is 5. The molecule has 1 N–H and O–H groups in total. The Morgan fingerprint density at radius 2 is 1.72 bits per heavy atom. The normalized spacial score (nSPS) is 24.6. The number of hydrogen-bond donors (Lipinski definition) is 1. The van der Waals surface area contributed by atoms with Gasteiger partial charge in [0.05, 0.1) is 23.8 Å². The molecule has 204 valence electrons. The van der Waals surface area contributed by atoms with Crippen molar-refractivity contribution < 1.29 is 37.3 Å². The minimum Gasteiger partial charge on any atom is -0.493 e. The molecule has 5 nitrogen and oxygen atoms in total. The van der Waals surface area contributed by atoms with Crippen molar-refractivity contribution in [2.45, 2.75) is 43.9 Å². The number of aliphatic hydroxyl groups excluding tert-OH is 1. The number of carbonyl (C=O) groups excluding carboxylic acids is 1. The lowest BCUT2D eigenvalue weighted by Crippen LogP contribution is -2.25. The summed E-state index contributed by atoms with van der Waals surface area (Å²) in [4.78, 5) is 13.0. The Labute approximate surface area is 224 Å². The zero-order valence-corrected chi connectivity index (χ0v) is 21.1. The van der Waals surface area contributed by atoms with Crippen LogP contribution in [0.5, 0.6) is 5.75 Å². The fourth-order valence-electron chi connectivity index (χ4n) is 5.33. The molecule has 39 heavy (non-hydrogen) atoms. The van der Waals surface area contributed by atoms with Gasteiger partial charge in [0.25, 0.3) is 0 Å². The average molecular weight is 539 g/mol. The van der Waals surface area contributed by atoms with E-state index in [4.69, 9.17) is 14.2 Å². The van der Waals surface area contributed by atoms with E-state index in [9.17, 15) is 23.1 Å². The predicted octanol–water partition coefficient (Wildman–Crippen LogP) is 6.67. The Morgan fingerprint density at radius 1 is 0.974 bits per heavy atom. The Morgan fingerprint density at radius 3 is 2.46 bits per heavy atom. The van der Waals surface area contributed by atoms with Crippen LogP contribution >= 0.6 is 0 Å². The number of rotatable bonds is 8. The molecule has 5 rings (SSSR count).